The maximum absolute atomic E-state index is 13.4. The van der Waals surface area contributed by atoms with Crippen LogP contribution in [0.5, 0.6) is 0 Å². The second-order valence-corrected chi connectivity index (χ2v) is 11.6. The first-order valence-corrected chi connectivity index (χ1v) is 14.7. The third kappa shape index (κ3) is 8.96. The van der Waals surface area contributed by atoms with Crippen molar-refractivity contribution in [3.8, 4) is 0 Å². The molecule has 2 aliphatic heterocycles. The standard InChI is InChI=1S/C28H38N6O5S.ClH/c1-16(2)23-28-33-22(15-40-28)27(39)32-21(12-17-8-4-3-5-9-17)24(36)29-11-7-6-10-19(25(37)34-23)31-26(38)20-13-18(35)14-30-20;/h3-5,8-9,15-16,18-21,23,30,35H,6-7,10-14H2,1-2H3,(H,29,36)(H,31,38)(H,32,39)(H,34,37);1H/t18-,19+,20-,21?,23-;/m1./s1. The minimum absolute atomic E-state index is 0. The Morgan fingerprint density at radius 2 is 1.88 bits per heavy atom. The van der Waals surface area contributed by atoms with Gasteiger partial charge in [0.15, 0.2) is 0 Å². The van der Waals surface area contributed by atoms with E-state index in [1.165, 1.54) is 11.3 Å². The summed E-state index contributed by atoms with van der Waals surface area (Å²) in [6.45, 7) is 4.58. The SMILES string of the molecule is CC(C)[C@H]1NC(=O)[C@@H](NC(=O)[C@H]2C[C@@H](O)CN2)CCCCNC(=O)C(Cc2ccccc2)NC(=O)c2csc1n2.Cl. The fraction of sp³-hybridized carbons (Fsp3) is 0.536. The van der Waals surface area contributed by atoms with Gasteiger partial charge in [0.2, 0.25) is 17.7 Å². The number of β-amino-alcohol motifs (C(OH)–C–C–N with tert-alkyl or cyclic N) is 1. The van der Waals surface area contributed by atoms with Crippen molar-refractivity contribution in [2.45, 2.75) is 76.2 Å². The molecule has 2 aliphatic rings. The molecule has 13 heteroatoms. The lowest BCUT2D eigenvalue weighted by atomic mass is 10.0. The third-order valence-corrected chi connectivity index (χ3v) is 8.09. The number of rotatable bonds is 5. The summed E-state index contributed by atoms with van der Waals surface area (Å²) in [5.41, 5.74) is 1.09. The summed E-state index contributed by atoms with van der Waals surface area (Å²) in [6, 6.07) is 6.86. The van der Waals surface area contributed by atoms with Gasteiger partial charge in [0.05, 0.1) is 18.2 Å². The maximum atomic E-state index is 13.4. The van der Waals surface area contributed by atoms with Crippen LogP contribution in [0, 0.1) is 5.92 Å². The summed E-state index contributed by atoms with van der Waals surface area (Å²) in [5.74, 6) is -1.48. The van der Waals surface area contributed by atoms with E-state index < -0.39 is 36.2 Å². The average Bonchev–Trinajstić information content (AvgIpc) is 3.59. The predicted octanol–water partition coefficient (Wildman–Crippen LogP) is 1.23. The Labute approximate surface area is 250 Å². The molecule has 6 N–H and O–H groups in total. The summed E-state index contributed by atoms with van der Waals surface area (Å²) in [5, 5.41) is 26.6. The van der Waals surface area contributed by atoms with E-state index in [0.717, 1.165) is 5.56 Å². The quantitative estimate of drug-likeness (QED) is 0.298. The van der Waals surface area contributed by atoms with Crippen LogP contribution in [0.4, 0.5) is 0 Å². The number of carbonyl (C=O) groups is 4. The largest absolute Gasteiger partial charge is 0.392 e. The number of hydrogen-bond acceptors (Lipinski definition) is 8. The molecule has 1 fully saturated rings. The fourth-order valence-electron chi connectivity index (χ4n) is 4.86. The minimum Gasteiger partial charge on any atom is -0.392 e. The maximum Gasteiger partial charge on any atom is 0.271 e. The second-order valence-electron chi connectivity index (χ2n) is 10.7. The van der Waals surface area contributed by atoms with E-state index in [2.05, 4.69) is 31.6 Å². The van der Waals surface area contributed by atoms with Gasteiger partial charge < -0.3 is 31.7 Å². The van der Waals surface area contributed by atoms with Crippen molar-refractivity contribution < 1.29 is 24.3 Å². The summed E-state index contributed by atoms with van der Waals surface area (Å²) in [6.07, 6.45) is 1.55. The highest BCUT2D eigenvalue weighted by molar-refractivity contribution is 7.09. The molecular weight excluding hydrogens is 568 g/mol. The fourth-order valence-corrected chi connectivity index (χ4v) is 5.88. The van der Waals surface area contributed by atoms with Gasteiger partial charge in [-0.25, -0.2) is 4.98 Å². The Morgan fingerprint density at radius 1 is 1.12 bits per heavy atom. The van der Waals surface area contributed by atoms with Gasteiger partial charge in [0, 0.05) is 24.9 Å². The summed E-state index contributed by atoms with van der Waals surface area (Å²) >= 11 is 1.26. The number of nitrogens with one attached hydrogen (secondary N) is 5. The molecule has 0 saturated carbocycles. The van der Waals surface area contributed by atoms with Crippen LogP contribution in [-0.4, -0.2) is 71.0 Å². The highest BCUT2D eigenvalue weighted by Crippen LogP contribution is 2.26. The van der Waals surface area contributed by atoms with E-state index in [9.17, 15) is 24.3 Å². The van der Waals surface area contributed by atoms with Crippen molar-refractivity contribution >= 4 is 47.4 Å². The van der Waals surface area contributed by atoms with E-state index in [1.54, 1.807) is 5.38 Å². The first-order chi connectivity index (χ1) is 19.2. The van der Waals surface area contributed by atoms with Gasteiger partial charge in [-0.3, -0.25) is 19.2 Å². The normalized spacial score (nSPS) is 26.0. The Hall–Kier alpha value is -3.06. The first-order valence-electron chi connectivity index (χ1n) is 13.8. The molecule has 0 radical (unpaired) electrons. The molecule has 1 unspecified atom stereocenters. The Morgan fingerprint density at radius 3 is 2.56 bits per heavy atom. The van der Waals surface area contributed by atoms with Crippen molar-refractivity contribution in [1.82, 2.24) is 31.6 Å². The lowest BCUT2D eigenvalue weighted by molar-refractivity contribution is -0.130. The number of fused-ring (bicyclic) bond motifs is 2. The molecule has 2 aromatic rings. The molecule has 41 heavy (non-hydrogen) atoms. The summed E-state index contributed by atoms with van der Waals surface area (Å²) in [7, 11) is 0. The molecule has 0 spiro atoms. The lowest BCUT2D eigenvalue weighted by Gasteiger charge is -2.26. The van der Waals surface area contributed by atoms with Crippen LogP contribution in [0.1, 0.15) is 66.6 Å². The van der Waals surface area contributed by atoms with E-state index in [1.807, 2.05) is 44.2 Å². The smallest absolute Gasteiger partial charge is 0.271 e. The molecule has 1 aromatic heterocycles. The van der Waals surface area contributed by atoms with Crippen LogP contribution in [0.15, 0.2) is 35.7 Å². The van der Waals surface area contributed by atoms with Crippen molar-refractivity contribution in [1.29, 1.82) is 0 Å². The third-order valence-electron chi connectivity index (χ3n) is 7.17. The number of carbonyl (C=O) groups excluding carboxylic acids is 4. The Kier molecular flexibility index (Phi) is 12.1. The predicted molar refractivity (Wildman–Crippen MR) is 158 cm³/mol. The van der Waals surface area contributed by atoms with Crippen molar-refractivity contribution in [3.63, 3.8) is 0 Å². The van der Waals surface area contributed by atoms with Crippen LogP contribution in [0.25, 0.3) is 0 Å². The topological polar surface area (TPSA) is 162 Å². The number of aliphatic hydroxyl groups is 1. The number of amides is 4. The summed E-state index contributed by atoms with van der Waals surface area (Å²) in [4.78, 5) is 57.0. The zero-order valence-electron chi connectivity index (χ0n) is 23.2. The van der Waals surface area contributed by atoms with Crippen LogP contribution in [0.3, 0.4) is 0 Å². The van der Waals surface area contributed by atoms with E-state index in [-0.39, 0.29) is 48.2 Å². The molecule has 2 bridgehead atoms. The molecule has 3 heterocycles. The zero-order chi connectivity index (χ0) is 28.6. The lowest BCUT2D eigenvalue weighted by Crippen LogP contribution is -2.52. The molecule has 224 valence electrons. The molecule has 4 rings (SSSR count). The molecule has 5 atom stereocenters. The van der Waals surface area contributed by atoms with Crippen LogP contribution in [-0.2, 0) is 20.8 Å². The zero-order valence-corrected chi connectivity index (χ0v) is 24.9. The van der Waals surface area contributed by atoms with Gasteiger partial charge in [-0.1, -0.05) is 44.2 Å². The number of hydrogen-bond donors (Lipinski definition) is 6. The molecule has 1 saturated heterocycles. The number of thiazole rings is 1. The number of nitrogens with zero attached hydrogens (tertiary/aromatic N) is 1. The number of benzene rings is 1. The monoisotopic (exact) mass is 606 g/mol. The average molecular weight is 607 g/mol. The molecule has 1 aromatic carbocycles. The van der Waals surface area contributed by atoms with Gasteiger partial charge >= 0.3 is 0 Å². The Bertz CT molecular complexity index is 1200. The van der Waals surface area contributed by atoms with Gasteiger partial charge in [-0.05, 0) is 37.2 Å². The van der Waals surface area contributed by atoms with Gasteiger partial charge in [0.1, 0.15) is 22.8 Å². The van der Waals surface area contributed by atoms with Gasteiger partial charge in [0.25, 0.3) is 5.91 Å². The minimum atomic E-state index is -0.800. The second kappa shape index (κ2) is 15.2. The molecule has 11 nitrogen and oxygen atoms in total. The van der Waals surface area contributed by atoms with Gasteiger partial charge in [-0.15, -0.1) is 23.7 Å². The highest BCUT2D eigenvalue weighted by Gasteiger charge is 2.33. The van der Waals surface area contributed by atoms with E-state index in [4.69, 9.17) is 0 Å². The molecule has 0 aliphatic carbocycles. The molecule has 4 amide bonds. The molecular formula is C28H39ClN6O5S. The van der Waals surface area contributed by atoms with Crippen molar-refractivity contribution in [2.75, 3.05) is 13.1 Å². The Balaban J connectivity index is 0.00000462. The van der Waals surface area contributed by atoms with E-state index in [0.29, 0.717) is 43.8 Å². The number of aliphatic hydroxyl groups excluding tert-OH is 1. The van der Waals surface area contributed by atoms with E-state index >= 15 is 0 Å². The van der Waals surface area contributed by atoms with Crippen LogP contribution >= 0.6 is 23.7 Å². The highest BCUT2D eigenvalue weighted by atomic mass is 35.5. The first kappa shape index (κ1) is 32.5. The summed E-state index contributed by atoms with van der Waals surface area (Å²) < 4.78 is 0. The number of aromatic nitrogens is 1. The van der Waals surface area contributed by atoms with Crippen LogP contribution < -0.4 is 26.6 Å². The van der Waals surface area contributed by atoms with Crippen LogP contribution in [0.2, 0.25) is 0 Å². The number of halogens is 1. The van der Waals surface area contributed by atoms with Crippen molar-refractivity contribution in [3.05, 3.63) is 52.0 Å². The van der Waals surface area contributed by atoms with Gasteiger partial charge in [-0.2, -0.15) is 0 Å². The van der Waals surface area contributed by atoms with Crippen molar-refractivity contribution in [2.24, 2.45) is 5.92 Å².